The summed E-state index contributed by atoms with van der Waals surface area (Å²) in [5.41, 5.74) is 1.25. The zero-order valence-corrected chi connectivity index (χ0v) is 20.9. The molecule has 0 aliphatic heterocycles. The van der Waals surface area contributed by atoms with Gasteiger partial charge >= 0.3 is 0 Å². The summed E-state index contributed by atoms with van der Waals surface area (Å²) in [6.07, 6.45) is 5.70. The fourth-order valence-corrected chi connectivity index (χ4v) is 3.72. The Morgan fingerprint density at radius 1 is 1.15 bits per heavy atom. The zero-order valence-electron chi connectivity index (χ0n) is 20.9. The van der Waals surface area contributed by atoms with Crippen LogP contribution in [0.25, 0.3) is 22.5 Å². The molecule has 0 radical (unpaired) electrons. The van der Waals surface area contributed by atoms with E-state index in [-0.39, 0.29) is 12.1 Å². The normalized spacial score (nSPS) is 12.2. The highest BCUT2D eigenvalue weighted by Crippen LogP contribution is 2.25. The first kappa shape index (κ1) is 25.4. The molecule has 4 heterocycles. The molecule has 1 aromatic carbocycles. The summed E-state index contributed by atoms with van der Waals surface area (Å²) in [7, 11) is 0. The van der Waals surface area contributed by atoms with Gasteiger partial charge in [-0.3, -0.25) is 4.79 Å². The fraction of sp³-hybridized carbons (Fsp3) is 0.192. The molecule has 3 N–H and O–H groups in total. The molecule has 1 unspecified atom stereocenters. The topological polar surface area (TPSA) is 159 Å². The third-order valence-electron chi connectivity index (χ3n) is 5.93. The average molecular weight is 527 g/mol. The highest BCUT2D eigenvalue weighted by Gasteiger charge is 2.27. The molecule has 4 aromatic heterocycles. The predicted molar refractivity (Wildman–Crippen MR) is 140 cm³/mol. The second-order valence-electron chi connectivity index (χ2n) is 9.24. The lowest BCUT2D eigenvalue weighted by atomic mass is 10.0. The maximum atomic E-state index is 14.3. The van der Waals surface area contributed by atoms with Crippen LogP contribution in [-0.4, -0.2) is 63.8 Å². The molecule has 0 fully saturated rings. The molecule has 0 saturated carbocycles. The number of alkyl halides is 1. The second-order valence-corrected chi connectivity index (χ2v) is 9.24. The number of aliphatic hydroxyl groups is 1. The summed E-state index contributed by atoms with van der Waals surface area (Å²) >= 11 is 0. The van der Waals surface area contributed by atoms with Crippen molar-refractivity contribution in [1.82, 2.24) is 39.8 Å². The molecule has 0 aliphatic carbocycles. The Labute approximate surface area is 221 Å². The summed E-state index contributed by atoms with van der Waals surface area (Å²) in [6, 6.07) is 12.6. The van der Waals surface area contributed by atoms with E-state index in [4.69, 9.17) is 5.26 Å². The lowest BCUT2D eigenvalue weighted by Gasteiger charge is -2.22. The number of nitrogens with zero attached hydrogens (tertiary/aromatic N) is 8. The number of pyridine rings is 2. The summed E-state index contributed by atoms with van der Waals surface area (Å²) in [5.74, 6) is -0.217. The maximum Gasteiger partial charge on any atom is 0.255 e. The van der Waals surface area contributed by atoms with Crippen LogP contribution in [0.1, 0.15) is 29.8 Å². The van der Waals surface area contributed by atoms with Crippen LogP contribution in [0.4, 0.5) is 15.8 Å². The first-order valence-electron chi connectivity index (χ1n) is 11.8. The van der Waals surface area contributed by atoms with Crippen LogP contribution in [0.15, 0.2) is 67.6 Å². The van der Waals surface area contributed by atoms with Crippen molar-refractivity contribution in [3.63, 3.8) is 0 Å². The Bertz CT molecular complexity index is 1670. The second kappa shape index (κ2) is 10.3. The number of amides is 1. The molecule has 0 bridgehead atoms. The van der Waals surface area contributed by atoms with Gasteiger partial charge in [0.1, 0.15) is 24.9 Å². The first-order valence-corrected chi connectivity index (χ1v) is 11.8. The third-order valence-corrected chi connectivity index (χ3v) is 5.93. The van der Waals surface area contributed by atoms with E-state index >= 15 is 0 Å². The molecule has 5 rings (SSSR count). The molecule has 0 aliphatic rings. The van der Waals surface area contributed by atoms with E-state index in [1.807, 2.05) is 18.2 Å². The summed E-state index contributed by atoms with van der Waals surface area (Å²) in [6.45, 7) is 2.28. The fourth-order valence-electron chi connectivity index (χ4n) is 3.72. The van der Waals surface area contributed by atoms with Crippen molar-refractivity contribution in [3.8, 4) is 17.6 Å². The van der Waals surface area contributed by atoms with E-state index in [1.54, 1.807) is 41.5 Å². The standard InChI is InChI=1S/C26H23FN10O2/c1-26(2,39)22(27)13-32-25(38)20-12-30-23(37-24-17(11-33-37)7-16(9-28)10-31-24)8-21(20)35-18-3-5-19(6-4-18)36-15-29-14-34-36/h3-8,10-12,14-15,22,39H,13H2,1-2H3,(H,30,35)(H,32,38). The van der Waals surface area contributed by atoms with E-state index in [0.29, 0.717) is 33.8 Å². The van der Waals surface area contributed by atoms with Crippen LogP contribution in [0.3, 0.4) is 0 Å². The van der Waals surface area contributed by atoms with Gasteiger partial charge in [-0.15, -0.1) is 0 Å². The quantitative estimate of drug-likeness (QED) is 0.276. The lowest BCUT2D eigenvalue weighted by molar-refractivity contribution is -0.00177. The van der Waals surface area contributed by atoms with E-state index in [1.165, 1.54) is 37.3 Å². The number of carbonyl (C=O) groups excluding carboxylic acids is 1. The smallest absolute Gasteiger partial charge is 0.255 e. The number of carbonyl (C=O) groups is 1. The van der Waals surface area contributed by atoms with E-state index in [9.17, 15) is 14.3 Å². The number of benzene rings is 1. The van der Waals surface area contributed by atoms with Gasteiger partial charge in [0.05, 0.1) is 40.8 Å². The van der Waals surface area contributed by atoms with Crippen molar-refractivity contribution in [2.75, 3.05) is 11.9 Å². The molecule has 0 spiro atoms. The van der Waals surface area contributed by atoms with Crippen molar-refractivity contribution in [3.05, 3.63) is 78.8 Å². The minimum absolute atomic E-state index is 0.151. The van der Waals surface area contributed by atoms with E-state index in [2.05, 4.69) is 35.8 Å². The van der Waals surface area contributed by atoms with Gasteiger partial charge in [-0.2, -0.15) is 20.1 Å². The lowest BCUT2D eigenvalue weighted by Crippen LogP contribution is -2.42. The van der Waals surface area contributed by atoms with Gasteiger partial charge in [-0.25, -0.2) is 24.0 Å². The van der Waals surface area contributed by atoms with Crippen molar-refractivity contribution in [2.24, 2.45) is 0 Å². The van der Waals surface area contributed by atoms with Gasteiger partial charge in [0.15, 0.2) is 11.5 Å². The monoisotopic (exact) mass is 526 g/mol. The van der Waals surface area contributed by atoms with Crippen LogP contribution in [0.2, 0.25) is 0 Å². The Morgan fingerprint density at radius 2 is 1.95 bits per heavy atom. The van der Waals surface area contributed by atoms with Crippen molar-refractivity contribution < 1.29 is 14.3 Å². The minimum atomic E-state index is -1.67. The summed E-state index contributed by atoms with van der Waals surface area (Å²) in [4.78, 5) is 25.7. The Morgan fingerprint density at radius 3 is 2.64 bits per heavy atom. The van der Waals surface area contributed by atoms with E-state index < -0.39 is 17.7 Å². The number of nitriles is 1. The van der Waals surface area contributed by atoms with Crippen molar-refractivity contribution in [2.45, 2.75) is 25.6 Å². The SMILES string of the molecule is CC(C)(O)C(F)CNC(=O)c1cnc(-n2ncc3cc(C#N)cnc32)cc1Nc1ccc(-n2cncn2)cc1. The predicted octanol–water partition coefficient (Wildman–Crippen LogP) is 2.85. The number of hydrogen-bond acceptors (Lipinski definition) is 9. The maximum absolute atomic E-state index is 14.3. The molecule has 39 heavy (non-hydrogen) atoms. The molecule has 5 aromatic rings. The highest BCUT2D eigenvalue weighted by molar-refractivity contribution is 6.00. The molecule has 0 saturated heterocycles. The van der Waals surface area contributed by atoms with Crippen molar-refractivity contribution >= 4 is 28.3 Å². The zero-order chi connectivity index (χ0) is 27.6. The van der Waals surface area contributed by atoms with Crippen LogP contribution in [0.5, 0.6) is 0 Å². The molecular weight excluding hydrogens is 503 g/mol. The Kier molecular flexibility index (Phi) is 6.70. The van der Waals surface area contributed by atoms with Gasteiger partial charge in [0.25, 0.3) is 5.91 Å². The van der Waals surface area contributed by atoms with Gasteiger partial charge < -0.3 is 15.7 Å². The number of hydrogen-bond donors (Lipinski definition) is 3. The van der Waals surface area contributed by atoms with Gasteiger partial charge in [-0.05, 0) is 44.2 Å². The average Bonchev–Trinajstić information content (AvgIpc) is 3.61. The molecule has 12 nitrogen and oxygen atoms in total. The number of rotatable bonds is 8. The number of aromatic nitrogens is 7. The Balaban J connectivity index is 1.49. The molecule has 1 atom stereocenters. The number of fused-ring (bicyclic) bond motifs is 1. The van der Waals surface area contributed by atoms with Crippen LogP contribution in [0, 0.1) is 11.3 Å². The number of anilines is 2. The molecule has 13 heteroatoms. The first-order chi connectivity index (χ1) is 18.7. The summed E-state index contributed by atoms with van der Waals surface area (Å²) < 4.78 is 17.4. The summed E-state index contributed by atoms with van der Waals surface area (Å²) in [5, 5.41) is 33.9. The number of halogens is 1. The van der Waals surface area contributed by atoms with Crippen LogP contribution in [-0.2, 0) is 0 Å². The van der Waals surface area contributed by atoms with Gasteiger partial charge in [0, 0.05) is 29.5 Å². The van der Waals surface area contributed by atoms with Crippen LogP contribution < -0.4 is 10.6 Å². The Hall–Kier alpha value is -5.22. The highest BCUT2D eigenvalue weighted by atomic mass is 19.1. The van der Waals surface area contributed by atoms with Crippen LogP contribution >= 0.6 is 0 Å². The van der Waals surface area contributed by atoms with E-state index in [0.717, 1.165) is 5.69 Å². The number of nitrogens with one attached hydrogen (secondary N) is 2. The van der Waals surface area contributed by atoms with Gasteiger partial charge in [0.2, 0.25) is 0 Å². The molecular formula is C26H23FN10O2. The largest absolute Gasteiger partial charge is 0.387 e. The minimum Gasteiger partial charge on any atom is -0.387 e. The van der Waals surface area contributed by atoms with Crippen molar-refractivity contribution in [1.29, 1.82) is 5.26 Å². The van der Waals surface area contributed by atoms with Gasteiger partial charge in [-0.1, -0.05) is 0 Å². The molecule has 1 amide bonds. The third kappa shape index (κ3) is 5.41. The molecule has 196 valence electrons.